The van der Waals surface area contributed by atoms with E-state index in [0.29, 0.717) is 18.7 Å². The van der Waals surface area contributed by atoms with Gasteiger partial charge in [-0.3, -0.25) is 4.79 Å². The third-order valence-electron chi connectivity index (χ3n) is 7.06. The maximum absolute atomic E-state index is 13.0. The number of oxime groups is 1. The van der Waals surface area contributed by atoms with Crippen LogP contribution in [-0.4, -0.2) is 39.3 Å². The van der Waals surface area contributed by atoms with E-state index in [4.69, 9.17) is 14.0 Å². The first-order valence-corrected chi connectivity index (χ1v) is 17.1. The molecule has 230 valence electrons. The largest absolute Gasteiger partial charge is 0.460 e. The molecule has 5 nitrogen and oxygen atoms in total. The fraction of sp³-hybridized carbons (Fsp3) is 0.556. The predicted octanol–water partition coefficient (Wildman–Crippen LogP) is 7.52. The average molecular weight is 592 g/mol. The van der Waals surface area contributed by atoms with Gasteiger partial charge in [0.25, 0.3) is 8.32 Å². The molecule has 0 N–H and O–H groups in total. The Balaban J connectivity index is 2.41. The summed E-state index contributed by atoms with van der Waals surface area (Å²) in [6, 6.07) is 21.2. The summed E-state index contributed by atoms with van der Waals surface area (Å²) in [7, 11) is -1.21. The lowest BCUT2D eigenvalue weighted by Crippen LogP contribution is -2.66. The summed E-state index contributed by atoms with van der Waals surface area (Å²) in [5, 5.41) is 6.58. The molecule has 2 rings (SSSR count). The van der Waals surface area contributed by atoms with Gasteiger partial charge in [-0.05, 0) is 66.8 Å². The van der Waals surface area contributed by atoms with E-state index in [-0.39, 0.29) is 28.8 Å². The second-order valence-electron chi connectivity index (χ2n) is 14.2. The molecule has 0 amide bonds. The van der Waals surface area contributed by atoms with Gasteiger partial charge < -0.3 is 14.0 Å². The molecular formula is C36H53NO4Si. The lowest BCUT2D eigenvalue weighted by atomic mass is 9.90. The number of carbonyl (C=O) groups excluding carboxylic acids is 1. The predicted molar refractivity (Wildman–Crippen MR) is 178 cm³/mol. The van der Waals surface area contributed by atoms with Crippen LogP contribution in [0.4, 0.5) is 0 Å². The van der Waals surface area contributed by atoms with Crippen molar-refractivity contribution in [2.45, 2.75) is 105 Å². The highest BCUT2D eigenvalue weighted by Gasteiger charge is 2.50. The summed E-state index contributed by atoms with van der Waals surface area (Å²) in [6.07, 6.45) is 3.57. The lowest BCUT2D eigenvalue weighted by Gasteiger charge is -2.43. The van der Waals surface area contributed by atoms with E-state index in [1.807, 2.05) is 32.9 Å². The Labute approximate surface area is 256 Å². The zero-order chi connectivity index (χ0) is 31.4. The molecule has 0 radical (unpaired) electrons. The van der Waals surface area contributed by atoms with Gasteiger partial charge in [0.2, 0.25) is 0 Å². The van der Waals surface area contributed by atoms with Crippen molar-refractivity contribution in [3.8, 4) is 11.8 Å². The molecule has 0 bridgehead atoms. The topological polar surface area (TPSA) is 57.1 Å². The Hall–Kier alpha value is -2.88. The van der Waals surface area contributed by atoms with E-state index >= 15 is 0 Å². The highest BCUT2D eigenvalue weighted by Crippen LogP contribution is 2.37. The number of carbonyl (C=O) groups is 1. The van der Waals surface area contributed by atoms with Crippen LogP contribution in [0.5, 0.6) is 0 Å². The number of rotatable bonds is 12. The van der Waals surface area contributed by atoms with Crippen molar-refractivity contribution < 1.29 is 18.8 Å². The Kier molecular flexibility index (Phi) is 13.1. The van der Waals surface area contributed by atoms with Crippen molar-refractivity contribution >= 4 is 30.4 Å². The molecule has 1 atom stereocenters. The number of unbranched alkanes of at least 4 members (excludes halogenated alkanes) is 1. The highest BCUT2D eigenvalue weighted by atomic mass is 28.4. The van der Waals surface area contributed by atoms with Gasteiger partial charge >= 0.3 is 5.97 Å². The summed E-state index contributed by atoms with van der Waals surface area (Å²) in [5.41, 5.74) is 0.248. The minimum Gasteiger partial charge on any atom is -0.460 e. The molecule has 6 heteroatoms. The maximum atomic E-state index is 13.0. The summed E-state index contributed by atoms with van der Waals surface area (Å²) >= 11 is 0. The number of esters is 1. The Morgan fingerprint density at radius 2 is 1.43 bits per heavy atom. The number of benzene rings is 2. The van der Waals surface area contributed by atoms with E-state index in [9.17, 15) is 4.79 Å². The molecule has 42 heavy (non-hydrogen) atoms. The van der Waals surface area contributed by atoms with Crippen LogP contribution >= 0.6 is 0 Å². The van der Waals surface area contributed by atoms with Crippen LogP contribution in [0.15, 0.2) is 65.8 Å². The van der Waals surface area contributed by atoms with Crippen molar-refractivity contribution in [1.82, 2.24) is 0 Å². The molecule has 0 aromatic heterocycles. The summed E-state index contributed by atoms with van der Waals surface area (Å²) in [5.74, 6) is 5.94. The van der Waals surface area contributed by atoms with Crippen molar-refractivity contribution in [3.63, 3.8) is 0 Å². The van der Waals surface area contributed by atoms with E-state index < -0.39 is 13.9 Å². The Bertz CT molecular complexity index is 1150. The first kappa shape index (κ1) is 35.3. The molecule has 1 unspecified atom stereocenters. The second kappa shape index (κ2) is 15.5. The normalized spacial score (nSPS) is 13.6. The second-order valence-corrected chi connectivity index (χ2v) is 18.5. The summed E-state index contributed by atoms with van der Waals surface area (Å²) < 4.78 is 12.8. The Morgan fingerprint density at radius 1 is 0.881 bits per heavy atom. The fourth-order valence-corrected chi connectivity index (χ4v) is 9.77. The van der Waals surface area contributed by atoms with Crippen LogP contribution < -0.4 is 10.4 Å². The van der Waals surface area contributed by atoms with Gasteiger partial charge in [-0.15, -0.1) is 0 Å². The van der Waals surface area contributed by atoms with Crippen LogP contribution in [0, 0.1) is 23.2 Å². The van der Waals surface area contributed by atoms with Crippen LogP contribution in [0.25, 0.3) is 0 Å². The molecule has 2 aromatic rings. The van der Waals surface area contributed by atoms with E-state index in [0.717, 1.165) is 19.3 Å². The van der Waals surface area contributed by atoms with Crippen LogP contribution in [0.1, 0.15) is 94.4 Å². The molecule has 0 saturated carbocycles. The van der Waals surface area contributed by atoms with Gasteiger partial charge in [-0.1, -0.05) is 113 Å². The zero-order valence-corrected chi connectivity index (χ0v) is 28.7. The highest BCUT2D eigenvalue weighted by molar-refractivity contribution is 6.99. The maximum Gasteiger partial charge on any atom is 0.307 e. The molecule has 0 fully saturated rings. The minimum atomic E-state index is -2.72. The van der Waals surface area contributed by atoms with Crippen molar-refractivity contribution in [1.29, 1.82) is 0 Å². The van der Waals surface area contributed by atoms with Gasteiger partial charge in [0.1, 0.15) is 18.4 Å². The molecule has 0 saturated heterocycles. The number of nitrogens with zero attached hydrogens (tertiary/aromatic N) is 1. The van der Waals surface area contributed by atoms with Gasteiger partial charge in [0.05, 0.1) is 6.42 Å². The SMILES string of the molecule is CO/N=C(\C#CCCCC(C)(C)C)C(CCO[Si](c1ccccc1)(c1ccccc1)C(C)(C)C)CC(=O)OC(C)(C)C. The monoisotopic (exact) mass is 591 g/mol. The summed E-state index contributed by atoms with van der Waals surface area (Å²) in [4.78, 5) is 18.2. The van der Waals surface area contributed by atoms with Crippen LogP contribution in [0.3, 0.4) is 0 Å². The van der Waals surface area contributed by atoms with Gasteiger partial charge in [0, 0.05) is 18.9 Å². The Morgan fingerprint density at radius 3 is 1.88 bits per heavy atom. The number of ether oxygens (including phenoxy) is 1. The lowest BCUT2D eigenvalue weighted by molar-refractivity contribution is -0.155. The smallest absolute Gasteiger partial charge is 0.307 e. The first-order chi connectivity index (χ1) is 19.6. The van der Waals surface area contributed by atoms with Gasteiger partial charge in [-0.25, -0.2) is 0 Å². The molecule has 0 aliphatic heterocycles. The van der Waals surface area contributed by atoms with Crippen molar-refractivity contribution in [2.75, 3.05) is 13.7 Å². The molecule has 0 aliphatic carbocycles. The molecule has 0 spiro atoms. The molecular weight excluding hydrogens is 538 g/mol. The fourth-order valence-electron chi connectivity index (χ4n) is 5.19. The zero-order valence-electron chi connectivity index (χ0n) is 27.7. The third-order valence-corrected chi connectivity index (χ3v) is 12.1. The number of hydrogen-bond acceptors (Lipinski definition) is 5. The summed E-state index contributed by atoms with van der Waals surface area (Å²) in [6.45, 7) is 19.6. The van der Waals surface area contributed by atoms with Crippen LogP contribution in [-0.2, 0) is 18.8 Å². The third kappa shape index (κ3) is 11.1. The quantitative estimate of drug-likeness (QED) is 0.0640. The standard InChI is InChI=1S/C36H53NO4Si/c1-34(2,3)26-19-13-18-24-32(37-39-10)29(28-33(38)41-35(4,5)6)25-27-40-42(36(7,8)9,30-20-14-11-15-21-30)31-22-16-12-17-23-31/h11-12,14-17,20-23,29H,13,19,25-28H2,1-10H3/b37-32+. The van der Waals surface area contributed by atoms with Gasteiger partial charge in [-0.2, -0.15) is 0 Å². The van der Waals surface area contributed by atoms with E-state index in [1.165, 1.54) is 17.5 Å². The van der Waals surface area contributed by atoms with Crippen molar-refractivity contribution in [3.05, 3.63) is 60.7 Å². The first-order valence-electron chi connectivity index (χ1n) is 15.2. The van der Waals surface area contributed by atoms with Crippen molar-refractivity contribution in [2.24, 2.45) is 16.5 Å². The average Bonchev–Trinajstić information content (AvgIpc) is 2.88. The molecule has 0 aliphatic rings. The molecule has 2 aromatic carbocycles. The number of hydrogen-bond donors (Lipinski definition) is 0. The van der Waals surface area contributed by atoms with E-state index in [2.05, 4.69) is 107 Å². The minimum absolute atomic E-state index is 0.146. The molecule has 0 heterocycles. The van der Waals surface area contributed by atoms with Crippen LogP contribution in [0.2, 0.25) is 5.04 Å². The van der Waals surface area contributed by atoms with Gasteiger partial charge in [0.15, 0.2) is 0 Å². The van der Waals surface area contributed by atoms with E-state index in [1.54, 1.807) is 0 Å².